The topological polar surface area (TPSA) is 48.1 Å². The van der Waals surface area contributed by atoms with Gasteiger partial charge < -0.3 is 5.21 Å². The van der Waals surface area contributed by atoms with Crippen molar-refractivity contribution in [1.29, 1.82) is 0 Å². The van der Waals surface area contributed by atoms with Crippen LogP contribution in [0.5, 0.6) is 0 Å². The molecule has 1 aliphatic carbocycles. The highest BCUT2D eigenvalue weighted by Crippen LogP contribution is 2.32. The lowest BCUT2D eigenvalue weighted by molar-refractivity contribution is -0.507. The highest BCUT2D eigenvalue weighted by molar-refractivity contribution is 5.60. The van der Waals surface area contributed by atoms with Crippen molar-refractivity contribution < 1.29 is 31.6 Å². The Morgan fingerprint density at radius 1 is 0.913 bits per heavy atom. The first-order valence-electron chi connectivity index (χ1n) is 6.75. The van der Waals surface area contributed by atoms with Gasteiger partial charge in [-0.15, -0.1) is 0 Å². The van der Waals surface area contributed by atoms with Gasteiger partial charge in [-0.3, -0.25) is 0 Å². The number of rotatable bonds is 1. The van der Waals surface area contributed by atoms with Crippen LogP contribution in [-0.2, 0) is 12.8 Å². The molecule has 0 fully saturated rings. The molecule has 0 unspecified atom stereocenters. The van der Waals surface area contributed by atoms with Crippen molar-refractivity contribution >= 4 is 0 Å². The molecule has 1 N–H and O–H groups in total. The highest BCUT2D eigenvalue weighted by atomic mass is 19.2. The van der Waals surface area contributed by atoms with E-state index in [1.807, 2.05) is 0 Å². The maximum atomic E-state index is 13.9. The Hall–Kier alpha value is -2.45. The summed E-state index contributed by atoms with van der Waals surface area (Å²) in [7, 11) is 0. The lowest BCUT2D eigenvalue weighted by Crippen LogP contribution is -2.30. The smallest absolute Gasteiger partial charge is 0.262 e. The second-order valence-corrected chi connectivity index (χ2v) is 5.20. The third kappa shape index (κ3) is 2.18. The molecule has 0 spiro atoms. The number of nitrogens with zero attached hydrogens (tertiary/aromatic N) is 2. The lowest BCUT2D eigenvalue weighted by Gasteiger charge is -2.15. The molecular formula is C14H10F5N2O2+. The van der Waals surface area contributed by atoms with Gasteiger partial charge in [-0.1, -0.05) is 0 Å². The van der Waals surface area contributed by atoms with E-state index in [-0.39, 0.29) is 22.2 Å². The summed E-state index contributed by atoms with van der Waals surface area (Å²) in [4.78, 5) is 12.0. The Bertz CT molecular complexity index is 850. The van der Waals surface area contributed by atoms with Crippen LogP contribution in [0.2, 0.25) is 0 Å². The van der Waals surface area contributed by atoms with Crippen LogP contribution in [0.25, 0.3) is 11.3 Å². The molecule has 1 aromatic carbocycles. The van der Waals surface area contributed by atoms with Crippen molar-refractivity contribution in [3.63, 3.8) is 0 Å². The molecule has 2 aromatic rings. The van der Waals surface area contributed by atoms with Crippen molar-refractivity contribution in [3.05, 3.63) is 51.6 Å². The van der Waals surface area contributed by atoms with Crippen molar-refractivity contribution in [2.45, 2.75) is 25.7 Å². The average Bonchev–Trinajstić information content (AvgIpc) is 2.56. The van der Waals surface area contributed by atoms with Crippen LogP contribution >= 0.6 is 0 Å². The number of hydrogen-bond acceptors (Lipinski definition) is 2. The summed E-state index contributed by atoms with van der Waals surface area (Å²) in [6.07, 6.45) is 2.50. The summed E-state index contributed by atoms with van der Waals surface area (Å²) in [5.41, 5.74) is -1.85. The third-order valence-electron chi connectivity index (χ3n) is 3.87. The van der Waals surface area contributed by atoms with Gasteiger partial charge in [-0.25, -0.2) is 22.0 Å². The van der Waals surface area contributed by atoms with Crippen LogP contribution in [0.4, 0.5) is 22.0 Å². The normalized spacial score (nSPS) is 14.0. The number of halogens is 5. The van der Waals surface area contributed by atoms with Crippen LogP contribution in [0.3, 0.4) is 0 Å². The number of fused-ring (bicyclic) bond motifs is 1. The molecule has 0 amide bonds. The Balaban J connectivity index is 2.37. The first-order chi connectivity index (χ1) is 10.8. The summed E-state index contributed by atoms with van der Waals surface area (Å²) in [5.74, 6) is -10.8. The van der Waals surface area contributed by atoms with E-state index in [4.69, 9.17) is 0 Å². The lowest BCUT2D eigenvalue weighted by atomic mass is 9.99. The Morgan fingerprint density at radius 2 is 1.43 bits per heavy atom. The zero-order valence-corrected chi connectivity index (χ0v) is 11.5. The van der Waals surface area contributed by atoms with Crippen molar-refractivity contribution in [2.75, 3.05) is 0 Å². The van der Waals surface area contributed by atoms with E-state index in [1.165, 1.54) is 0 Å². The van der Waals surface area contributed by atoms with E-state index in [9.17, 15) is 32.1 Å². The second-order valence-electron chi connectivity index (χ2n) is 5.20. The van der Waals surface area contributed by atoms with E-state index in [1.54, 1.807) is 0 Å². The van der Waals surface area contributed by atoms with E-state index < -0.39 is 40.3 Å². The van der Waals surface area contributed by atoms with Crippen molar-refractivity contribution in [1.82, 2.24) is 4.73 Å². The Morgan fingerprint density at radius 3 is 2.04 bits per heavy atom. The van der Waals surface area contributed by atoms with Gasteiger partial charge >= 0.3 is 0 Å². The minimum absolute atomic E-state index is 0.0905. The molecule has 3 rings (SSSR count). The molecule has 1 heterocycles. The largest absolute Gasteiger partial charge is 0.428 e. The molecule has 0 saturated carbocycles. The summed E-state index contributed by atoms with van der Waals surface area (Å²) < 4.78 is 68.1. The molecule has 23 heavy (non-hydrogen) atoms. The summed E-state index contributed by atoms with van der Waals surface area (Å²) in [6.45, 7) is 0. The number of hydrogen-bond donors (Lipinski definition) is 1. The van der Waals surface area contributed by atoms with E-state index in [0.717, 1.165) is 0 Å². The number of benzene rings is 1. The minimum atomic E-state index is -2.30. The first-order valence-corrected chi connectivity index (χ1v) is 6.75. The van der Waals surface area contributed by atoms with Gasteiger partial charge in [0, 0.05) is 11.3 Å². The predicted octanol–water partition coefficient (Wildman–Crippen LogP) is 2.88. The first kappa shape index (κ1) is 15.4. The maximum Gasteiger partial charge on any atom is 0.262 e. The highest BCUT2D eigenvalue weighted by Gasteiger charge is 2.33. The van der Waals surface area contributed by atoms with E-state index >= 15 is 0 Å². The molecule has 1 aromatic heterocycles. The number of aromatic nitrogens is 2. The van der Waals surface area contributed by atoms with Crippen LogP contribution < -0.4 is 4.43 Å². The molecule has 1 aliphatic rings. The van der Waals surface area contributed by atoms with Gasteiger partial charge in [-0.2, -0.15) is 4.73 Å². The Labute approximate surface area is 126 Å². The van der Waals surface area contributed by atoms with Gasteiger partial charge in [-0.05, 0) is 19.3 Å². The molecule has 122 valence electrons. The molecule has 0 saturated heterocycles. The van der Waals surface area contributed by atoms with E-state index in [2.05, 4.69) is 0 Å². The van der Waals surface area contributed by atoms with Crippen molar-refractivity contribution in [2.24, 2.45) is 0 Å². The minimum Gasteiger partial charge on any atom is -0.428 e. The molecule has 0 bridgehead atoms. The average molecular weight is 333 g/mol. The van der Waals surface area contributed by atoms with Crippen LogP contribution in [0.15, 0.2) is 6.20 Å². The van der Waals surface area contributed by atoms with Gasteiger partial charge in [0.05, 0.1) is 9.99 Å². The van der Waals surface area contributed by atoms with Crippen LogP contribution in [0, 0.1) is 34.0 Å². The monoisotopic (exact) mass is 333 g/mol. The van der Waals surface area contributed by atoms with Crippen molar-refractivity contribution in [3.8, 4) is 11.3 Å². The fourth-order valence-corrected chi connectivity index (χ4v) is 2.73. The standard InChI is InChI=1S/C14H10F5N2O2/c15-10-9(11(16)13(18)14(19)12(10)17)8-5-20(22)6-3-1-2-4-7(6)21(8)23/h5,23H,1-4H2/q+1. The van der Waals surface area contributed by atoms with E-state index in [0.29, 0.717) is 30.2 Å². The summed E-state index contributed by atoms with van der Waals surface area (Å²) in [5, 5.41) is 10.1. The van der Waals surface area contributed by atoms with Gasteiger partial charge in [0.25, 0.3) is 11.9 Å². The maximum absolute atomic E-state index is 13.9. The fourth-order valence-electron chi connectivity index (χ4n) is 2.73. The fraction of sp³-hybridized carbons (Fsp3) is 0.286. The SMILES string of the molecule is O=[n+]1cc(-c2c(F)c(F)c(F)c(F)c2F)n(O)c2c1CCCC2. The van der Waals surface area contributed by atoms with Gasteiger partial charge in [0.15, 0.2) is 29.0 Å². The molecule has 9 heteroatoms. The summed E-state index contributed by atoms with van der Waals surface area (Å²) >= 11 is 0. The predicted molar refractivity (Wildman–Crippen MR) is 66.9 cm³/mol. The van der Waals surface area contributed by atoms with Gasteiger partial charge in [0.2, 0.25) is 5.82 Å². The zero-order chi connectivity index (χ0) is 16.9. The molecule has 4 nitrogen and oxygen atoms in total. The third-order valence-corrected chi connectivity index (χ3v) is 3.87. The van der Waals surface area contributed by atoms with Crippen LogP contribution in [-0.4, -0.2) is 9.94 Å². The zero-order valence-electron chi connectivity index (χ0n) is 11.5. The summed E-state index contributed by atoms with van der Waals surface area (Å²) in [6, 6.07) is 0. The molecule has 0 radical (unpaired) electrons. The van der Waals surface area contributed by atoms with Crippen LogP contribution in [0.1, 0.15) is 24.2 Å². The molecular weight excluding hydrogens is 323 g/mol. The molecule has 0 aliphatic heterocycles. The second kappa shape index (κ2) is 5.32. The quantitative estimate of drug-likeness (QED) is 0.287. The van der Waals surface area contributed by atoms with Gasteiger partial charge in [0.1, 0.15) is 5.69 Å². The Kier molecular flexibility index (Phi) is 3.57. The molecule has 0 atom stereocenters.